The molecule has 0 bridgehead atoms. The Morgan fingerprint density at radius 3 is 2.73 bits per heavy atom. The zero-order valence-corrected chi connectivity index (χ0v) is 15.0. The van der Waals surface area contributed by atoms with Crippen LogP contribution in [0.2, 0.25) is 5.02 Å². The maximum Gasteiger partial charge on any atom is 0.255 e. The minimum Gasteiger partial charge on any atom is -0.496 e. The van der Waals surface area contributed by atoms with Crippen LogP contribution in [0.15, 0.2) is 54.9 Å². The topological polar surface area (TPSA) is 56.1 Å². The predicted molar refractivity (Wildman–Crippen MR) is 96.9 cm³/mol. The average Bonchev–Trinajstić information content (AvgIpc) is 3.05. The number of hydrogen-bond donors (Lipinski definition) is 1. The highest BCUT2D eigenvalue weighted by Crippen LogP contribution is 2.29. The number of para-hydroxylation sites is 1. The first-order chi connectivity index (χ1) is 12.5. The number of hydrogen-bond acceptors (Lipinski definition) is 3. The molecule has 1 amide bonds. The van der Waals surface area contributed by atoms with E-state index in [0.717, 1.165) is 6.07 Å². The fraction of sp³-hybridized carbons (Fsp3) is 0.158. The Labute approximate surface area is 155 Å². The molecule has 1 N–H and O–H groups in total. The molecule has 0 saturated carbocycles. The molecule has 3 aromatic rings. The van der Waals surface area contributed by atoms with Gasteiger partial charge in [-0.1, -0.05) is 29.8 Å². The number of amides is 1. The van der Waals surface area contributed by atoms with Gasteiger partial charge in [-0.2, -0.15) is 0 Å². The van der Waals surface area contributed by atoms with Crippen molar-refractivity contribution >= 4 is 17.5 Å². The van der Waals surface area contributed by atoms with Gasteiger partial charge in [0.1, 0.15) is 23.4 Å². The minimum atomic E-state index is -0.686. The molecule has 0 unspecified atom stereocenters. The van der Waals surface area contributed by atoms with Gasteiger partial charge in [-0.3, -0.25) is 4.79 Å². The van der Waals surface area contributed by atoms with E-state index in [1.807, 2.05) is 25.2 Å². The second-order valence-electron chi connectivity index (χ2n) is 5.67. The second kappa shape index (κ2) is 7.58. The molecule has 1 heterocycles. The van der Waals surface area contributed by atoms with Crippen LogP contribution in [-0.2, 0) is 7.05 Å². The van der Waals surface area contributed by atoms with Crippen LogP contribution in [0, 0.1) is 5.82 Å². The molecule has 26 heavy (non-hydrogen) atoms. The summed E-state index contributed by atoms with van der Waals surface area (Å²) in [5.74, 6) is -0.0683. The fourth-order valence-electron chi connectivity index (χ4n) is 2.72. The lowest BCUT2D eigenvalue weighted by atomic mass is 10.0. The van der Waals surface area contributed by atoms with Gasteiger partial charge in [0.2, 0.25) is 0 Å². The van der Waals surface area contributed by atoms with Gasteiger partial charge >= 0.3 is 0 Å². The number of imidazole rings is 1. The predicted octanol–water partition coefficient (Wildman–Crippen LogP) is 3.74. The molecule has 3 rings (SSSR count). The Morgan fingerprint density at radius 2 is 2.08 bits per heavy atom. The third-order valence-electron chi connectivity index (χ3n) is 4.02. The van der Waals surface area contributed by atoms with Gasteiger partial charge in [-0.25, -0.2) is 9.37 Å². The molecular formula is C19H17ClFN3O2. The Hall–Kier alpha value is -2.86. The third-order valence-corrected chi connectivity index (χ3v) is 4.25. The first kappa shape index (κ1) is 17.9. The van der Waals surface area contributed by atoms with E-state index in [1.54, 1.807) is 30.1 Å². The van der Waals surface area contributed by atoms with E-state index in [1.165, 1.54) is 12.1 Å². The summed E-state index contributed by atoms with van der Waals surface area (Å²) in [5.41, 5.74) is 0.621. The molecule has 0 fully saturated rings. The van der Waals surface area contributed by atoms with Crippen molar-refractivity contribution in [3.63, 3.8) is 0 Å². The number of methoxy groups -OCH3 is 1. The van der Waals surface area contributed by atoms with Gasteiger partial charge < -0.3 is 14.6 Å². The fourth-order valence-corrected chi connectivity index (χ4v) is 2.88. The van der Waals surface area contributed by atoms with Crippen molar-refractivity contribution in [1.29, 1.82) is 0 Å². The molecule has 5 nitrogen and oxygen atoms in total. The van der Waals surface area contributed by atoms with Crippen LogP contribution in [-0.4, -0.2) is 22.6 Å². The van der Waals surface area contributed by atoms with Crippen LogP contribution in [0.1, 0.15) is 27.8 Å². The summed E-state index contributed by atoms with van der Waals surface area (Å²) in [6.07, 6.45) is 3.40. The van der Waals surface area contributed by atoms with Crippen LogP contribution < -0.4 is 10.1 Å². The van der Waals surface area contributed by atoms with E-state index in [4.69, 9.17) is 16.3 Å². The zero-order valence-electron chi connectivity index (χ0n) is 14.2. The molecule has 0 aliphatic heterocycles. The molecule has 7 heteroatoms. The molecule has 0 spiro atoms. The Kier molecular flexibility index (Phi) is 5.23. The molecule has 0 radical (unpaired) electrons. The number of carbonyl (C=O) groups is 1. The SMILES string of the molecule is COc1ccccc1[C@H](NC(=O)c1ccc(Cl)cc1F)c1nccn1C. The second-order valence-corrected chi connectivity index (χ2v) is 6.11. The first-order valence-corrected chi connectivity index (χ1v) is 8.25. The van der Waals surface area contributed by atoms with Crippen LogP contribution in [0.5, 0.6) is 5.75 Å². The third kappa shape index (κ3) is 3.55. The lowest BCUT2D eigenvalue weighted by molar-refractivity contribution is 0.0936. The largest absolute Gasteiger partial charge is 0.496 e. The van der Waals surface area contributed by atoms with E-state index in [2.05, 4.69) is 10.3 Å². The van der Waals surface area contributed by atoms with Gasteiger partial charge in [-0.15, -0.1) is 0 Å². The number of ether oxygens (including phenoxy) is 1. The quantitative estimate of drug-likeness (QED) is 0.741. The minimum absolute atomic E-state index is 0.0940. The normalized spacial score (nSPS) is 11.8. The maximum absolute atomic E-state index is 14.1. The molecule has 0 saturated heterocycles. The standard InChI is InChI=1S/C19H17ClFN3O2/c1-24-10-9-22-18(24)17(14-5-3-4-6-16(14)26-2)23-19(25)13-8-7-12(20)11-15(13)21/h3-11,17H,1-2H3,(H,23,25)/t17-/m0/s1. The zero-order chi connectivity index (χ0) is 18.7. The highest BCUT2D eigenvalue weighted by atomic mass is 35.5. The number of carbonyl (C=O) groups excluding carboxylic acids is 1. The molecule has 1 atom stereocenters. The Balaban J connectivity index is 2.02. The van der Waals surface area contributed by atoms with Crippen molar-refractivity contribution in [3.05, 3.63) is 82.6 Å². The van der Waals surface area contributed by atoms with Gasteiger partial charge in [0.15, 0.2) is 0 Å². The van der Waals surface area contributed by atoms with Crippen molar-refractivity contribution in [2.45, 2.75) is 6.04 Å². The van der Waals surface area contributed by atoms with Gasteiger partial charge in [-0.05, 0) is 24.3 Å². The van der Waals surface area contributed by atoms with Gasteiger partial charge in [0.05, 0.1) is 12.7 Å². The lowest BCUT2D eigenvalue weighted by Crippen LogP contribution is -2.32. The van der Waals surface area contributed by atoms with E-state index in [0.29, 0.717) is 17.1 Å². The van der Waals surface area contributed by atoms with E-state index < -0.39 is 17.8 Å². The Bertz CT molecular complexity index is 942. The van der Waals surface area contributed by atoms with Crippen LogP contribution in [0.4, 0.5) is 4.39 Å². The summed E-state index contributed by atoms with van der Waals surface area (Å²) in [7, 11) is 3.37. The summed E-state index contributed by atoms with van der Waals surface area (Å²) in [4.78, 5) is 17.0. The summed E-state index contributed by atoms with van der Waals surface area (Å²) in [6.45, 7) is 0. The Morgan fingerprint density at radius 1 is 1.31 bits per heavy atom. The molecule has 1 aromatic heterocycles. The van der Waals surface area contributed by atoms with Crippen LogP contribution in [0.25, 0.3) is 0 Å². The summed E-state index contributed by atoms with van der Waals surface area (Å²) >= 11 is 5.76. The number of benzene rings is 2. The molecule has 2 aromatic carbocycles. The number of halogens is 2. The highest BCUT2D eigenvalue weighted by Gasteiger charge is 2.25. The number of rotatable bonds is 5. The van der Waals surface area contributed by atoms with E-state index in [9.17, 15) is 9.18 Å². The smallest absolute Gasteiger partial charge is 0.255 e. The van der Waals surface area contributed by atoms with E-state index >= 15 is 0 Å². The maximum atomic E-state index is 14.1. The number of nitrogens with one attached hydrogen (secondary N) is 1. The number of aromatic nitrogens is 2. The molecular weight excluding hydrogens is 357 g/mol. The van der Waals surface area contributed by atoms with Crippen molar-refractivity contribution in [2.24, 2.45) is 7.05 Å². The van der Waals surface area contributed by atoms with E-state index in [-0.39, 0.29) is 10.6 Å². The lowest BCUT2D eigenvalue weighted by Gasteiger charge is -2.21. The van der Waals surface area contributed by atoms with Gasteiger partial charge in [0.25, 0.3) is 5.91 Å². The first-order valence-electron chi connectivity index (χ1n) is 7.87. The summed E-state index contributed by atoms with van der Waals surface area (Å²) in [6, 6.07) is 10.6. The van der Waals surface area contributed by atoms with Gasteiger partial charge in [0, 0.05) is 30.0 Å². The van der Waals surface area contributed by atoms with Crippen LogP contribution >= 0.6 is 11.6 Å². The number of aryl methyl sites for hydroxylation is 1. The number of nitrogens with zero attached hydrogens (tertiary/aromatic N) is 2. The molecule has 134 valence electrons. The molecule has 0 aliphatic rings. The summed E-state index contributed by atoms with van der Waals surface area (Å²) < 4.78 is 21.3. The van der Waals surface area contributed by atoms with Crippen molar-refractivity contribution in [1.82, 2.24) is 14.9 Å². The average molecular weight is 374 g/mol. The molecule has 0 aliphatic carbocycles. The van der Waals surface area contributed by atoms with Crippen LogP contribution in [0.3, 0.4) is 0 Å². The monoisotopic (exact) mass is 373 g/mol. The van der Waals surface area contributed by atoms with Crippen molar-refractivity contribution < 1.29 is 13.9 Å². The summed E-state index contributed by atoms with van der Waals surface area (Å²) in [5, 5.41) is 3.07. The van der Waals surface area contributed by atoms with Crippen molar-refractivity contribution in [3.8, 4) is 5.75 Å². The highest BCUT2D eigenvalue weighted by molar-refractivity contribution is 6.30. The van der Waals surface area contributed by atoms with Crippen molar-refractivity contribution in [2.75, 3.05) is 7.11 Å².